The number of halogens is 3. The Morgan fingerprint density at radius 2 is 1.74 bits per heavy atom. The van der Waals surface area contributed by atoms with E-state index in [9.17, 15) is 27.6 Å². The van der Waals surface area contributed by atoms with Crippen LogP contribution in [-0.2, 0) is 17.5 Å². The van der Waals surface area contributed by atoms with Crippen molar-refractivity contribution in [2.75, 3.05) is 18.4 Å². The van der Waals surface area contributed by atoms with Gasteiger partial charge in [0.05, 0.1) is 11.7 Å². The van der Waals surface area contributed by atoms with E-state index < -0.39 is 23.8 Å². The van der Waals surface area contributed by atoms with Crippen LogP contribution in [0.2, 0.25) is 0 Å². The van der Waals surface area contributed by atoms with Gasteiger partial charge in [0, 0.05) is 37.0 Å². The number of nitrogens with one attached hydrogen (secondary N) is 2. The van der Waals surface area contributed by atoms with Crippen molar-refractivity contribution in [1.82, 2.24) is 20.0 Å². The van der Waals surface area contributed by atoms with Crippen LogP contribution in [0.25, 0.3) is 5.69 Å². The highest BCUT2D eigenvalue weighted by Gasteiger charge is 2.36. The van der Waals surface area contributed by atoms with Gasteiger partial charge in [0.25, 0.3) is 11.8 Å². The van der Waals surface area contributed by atoms with Gasteiger partial charge in [-0.2, -0.15) is 18.3 Å². The Morgan fingerprint density at radius 3 is 2.37 bits per heavy atom. The minimum absolute atomic E-state index is 0.0889. The summed E-state index contributed by atoms with van der Waals surface area (Å²) in [5.74, 6) is -1.31. The van der Waals surface area contributed by atoms with Gasteiger partial charge >= 0.3 is 6.18 Å². The summed E-state index contributed by atoms with van der Waals surface area (Å²) in [5, 5.41) is 8.83. The smallest absolute Gasteiger partial charge is 0.351 e. The zero-order valence-corrected chi connectivity index (χ0v) is 20.6. The summed E-state index contributed by atoms with van der Waals surface area (Å²) in [5.41, 5.74) is 5.50. The number of nitrogens with zero attached hydrogens (tertiary/aromatic N) is 3. The van der Waals surface area contributed by atoms with Gasteiger partial charge in [0.15, 0.2) is 5.69 Å². The molecule has 0 radical (unpaired) electrons. The van der Waals surface area contributed by atoms with Gasteiger partial charge in [-0.3, -0.25) is 14.4 Å². The predicted molar refractivity (Wildman–Crippen MR) is 134 cm³/mol. The Kier molecular flexibility index (Phi) is 7.81. The molecule has 0 saturated carbocycles. The lowest BCUT2D eigenvalue weighted by Gasteiger charge is -2.15. The van der Waals surface area contributed by atoms with Gasteiger partial charge < -0.3 is 21.3 Å². The number of nitrogens with two attached hydrogens (primary N) is 1. The molecule has 0 aliphatic carbocycles. The Bertz CT molecular complexity index is 1330. The maximum atomic E-state index is 13.5. The molecule has 3 aromatic rings. The topological polar surface area (TPSA) is 122 Å². The monoisotopic (exact) mass is 528 g/mol. The highest BCUT2D eigenvalue weighted by molar-refractivity contribution is 6.04. The van der Waals surface area contributed by atoms with Crippen LogP contribution in [0, 0.1) is 0 Å². The van der Waals surface area contributed by atoms with Crippen molar-refractivity contribution in [2.24, 2.45) is 5.73 Å². The Balaban J connectivity index is 1.57. The van der Waals surface area contributed by atoms with E-state index in [1.54, 1.807) is 29.2 Å². The van der Waals surface area contributed by atoms with Gasteiger partial charge in [-0.15, -0.1) is 0 Å². The van der Waals surface area contributed by atoms with Crippen molar-refractivity contribution in [3.8, 4) is 5.69 Å². The summed E-state index contributed by atoms with van der Waals surface area (Å²) in [6.07, 6.45) is -2.86. The first-order chi connectivity index (χ1) is 18.0. The number of alkyl halides is 3. The molecule has 0 unspecified atom stereocenters. The highest BCUT2D eigenvalue weighted by Crippen LogP contribution is 2.30. The quantitative estimate of drug-likeness (QED) is 0.434. The molecule has 1 atom stereocenters. The van der Waals surface area contributed by atoms with E-state index in [-0.39, 0.29) is 29.7 Å². The second kappa shape index (κ2) is 11.1. The molecular weight excluding hydrogens is 501 g/mol. The van der Waals surface area contributed by atoms with E-state index in [1.807, 2.05) is 0 Å². The van der Waals surface area contributed by atoms with Crippen molar-refractivity contribution < 1.29 is 27.6 Å². The fraction of sp³-hybridized carbons (Fsp3) is 0.308. The van der Waals surface area contributed by atoms with Crippen molar-refractivity contribution in [2.45, 2.75) is 38.5 Å². The molecule has 9 nitrogen and oxygen atoms in total. The first-order valence-corrected chi connectivity index (χ1v) is 12.0. The summed E-state index contributed by atoms with van der Waals surface area (Å²) in [6.45, 7) is 3.01. The lowest BCUT2D eigenvalue weighted by molar-refractivity contribution is -0.141. The molecule has 2 aromatic carbocycles. The number of amides is 3. The van der Waals surface area contributed by atoms with E-state index >= 15 is 0 Å². The molecule has 1 saturated heterocycles. The van der Waals surface area contributed by atoms with Gasteiger partial charge in [-0.05, 0) is 61.7 Å². The number of carbonyl (C=O) groups is 3. The molecule has 4 N–H and O–H groups in total. The molecule has 200 valence electrons. The third-order valence-corrected chi connectivity index (χ3v) is 6.05. The van der Waals surface area contributed by atoms with Gasteiger partial charge in [0.1, 0.15) is 5.69 Å². The number of benzene rings is 2. The molecule has 3 amide bonds. The summed E-state index contributed by atoms with van der Waals surface area (Å²) in [4.78, 5) is 39.1. The first kappa shape index (κ1) is 26.9. The summed E-state index contributed by atoms with van der Waals surface area (Å²) < 4.78 is 41.4. The van der Waals surface area contributed by atoms with Crippen LogP contribution in [-0.4, -0.2) is 51.5 Å². The summed E-state index contributed by atoms with van der Waals surface area (Å²) in [7, 11) is 0. The fourth-order valence-corrected chi connectivity index (χ4v) is 4.02. The number of carbonyl (C=O) groups excluding carboxylic acids is 3. The lowest BCUT2D eigenvalue weighted by atomic mass is 10.1. The number of hydrogen-bond acceptors (Lipinski definition) is 5. The maximum absolute atomic E-state index is 13.5. The largest absolute Gasteiger partial charge is 0.435 e. The number of anilines is 1. The van der Waals surface area contributed by atoms with Crippen LogP contribution >= 0.6 is 0 Å². The minimum atomic E-state index is -4.78. The molecule has 38 heavy (non-hydrogen) atoms. The van der Waals surface area contributed by atoms with Crippen LogP contribution in [0.5, 0.6) is 0 Å². The van der Waals surface area contributed by atoms with Crippen molar-refractivity contribution in [1.29, 1.82) is 0 Å². The number of aromatic nitrogens is 2. The van der Waals surface area contributed by atoms with E-state index in [4.69, 9.17) is 5.73 Å². The molecule has 0 bridgehead atoms. The average Bonchev–Trinajstić information content (AvgIpc) is 3.58. The molecule has 1 fully saturated rings. The third kappa shape index (κ3) is 6.20. The number of likely N-dealkylation sites (tertiary alicyclic amines) is 1. The summed E-state index contributed by atoms with van der Waals surface area (Å²) in [6, 6.07) is 12.4. The van der Waals surface area contributed by atoms with Crippen LogP contribution in [0.15, 0.2) is 54.6 Å². The molecule has 4 rings (SSSR count). The average molecular weight is 529 g/mol. The zero-order chi connectivity index (χ0) is 27.4. The normalized spacial score (nSPS) is 14.3. The molecule has 1 aromatic heterocycles. The van der Waals surface area contributed by atoms with Gasteiger partial charge in [0.2, 0.25) is 5.91 Å². The molecular formula is C26H27F3N6O3. The molecule has 1 aliphatic rings. The van der Waals surface area contributed by atoms with E-state index in [2.05, 4.69) is 15.7 Å². The molecule has 2 heterocycles. The van der Waals surface area contributed by atoms with Crippen LogP contribution < -0.4 is 16.4 Å². The first-order valence-electron chi connectivity index (χ1n) is 12.0. The van der Waals surface area contributed by atoms with E-state index in [1.165, 1.54) is 31.2 Å². The maximum Gasteiger partial charge on any atom is 0.435 e. The van der Waals surface area contributed by atoms with E-state index in [0.717, 1.165) is 17.5 Å². The second-order valence-electron chi connectivity index (χ2n) is 9.03. The van der Waals surface area contributed by atoms with Gasteiger partial charge in [-0.1, -0.05) is 12.1 Å². The van der Waals surface area contributed by atoms with Crippen molar-refractivity contribution in [3.63, 3.8) is 0 Å². The summed E-state index contributed by atoms with van der Waals surface area (Å²) >= 11 is 0. The fourth-order valence-electron chi connectivity index (χ4n) is 4.02. The second-order valence-corrected chi connectivity index (χ2v) is 9.03. The zero-order valence-electron chi connectivity index (χ0n) is 20.6. The van der Waals surface area contributed by atoms with E-state index in [0.29, 0.717) is 36.0 Å². The lowest BCUT2D eigenvalue weighted by Crippen LogP contribution is -2.37. The molecule has 0 spiro atoms. The van der Waals surface area contributed by atoms with Crippen LogP contribution in [0.1, 0.15) is 51.9 Å². The van der Waals surface area contributed by atoms with Gasteiger partial charge in [-0.25, -0.2) is 4.68 Å². The standard InChI is InChI=1S/C26H27F3N6O3/c1-16(30)23(36)31-15-17-5-4-6-20(13-17)35-21(14-22(33-35)26(27,28)29)24(37)32-19-9-7-18(8-10-19)25(38)34-11-2-3-12-34/h4-10,13-14,16H,2-3,11-12,15,30H2,1H3,(H,31,36)(H,32,37)/t16-/m0/s1. The van der Waals surface area contributed by atoms with Crippen molar-refractivity contribution in [3.05, 3.63) is 77.1 Å². The highest BCUT2D eigenvalue weighted by atomic mass is 19.4. The van der Waals surface area contributed by atoms with Crippen molar-refractivity contribution >= 4 is 23.4 Å². The SMILES string of the molecule is C[C@H](N)C(=O)NCc1cccc(-n2nc(C(F)(F)F)cc2C(=O)Nc2ccc(C(=O)N3CCCC3)cc2)c1. The predicted octanol–water partition coefficient (Wildman–Crippen LogP) is 3.34. The Morgan fingerprint density at radius 1 is 1.05 bits per heavy atom. The Hall–Kier alpha value is -4.19. The Labute approximate surface area is 216 Å². The number of rotatable bonds is 7. The van der Waals surface area contributed by atoms with Crippen LogP contribution in [0.3, 0.4) is 0 Å². The molecule has 12 heteroatoms. The van der Waals surface area contributed by atoms with Crippen LogP contribution in [0.4, 0.5) is 18.9 Å². The third-order valence-electron chi connectivity index (χ3n) is 6.05. The minimum Gasteiger partial charge on any atom is -0.351 e. The number of hydrogen-bond donors (Lipinski definition) is 3. The molecule has 1 aliphatic heterocycles.